The molecule has 1 atom stereocenters. The molecular formula is C15H22N2O3. The quantitative estimate of drug-likeness (QED) is 0.410. The number of ether oxygens (including phenoxy) is 1. The Bertz CT molecular complexity index is 418. The molecule has 1 aromatic rings. The van der Waals surface area contributed by atoms with Crippen LogP contribution in [0.15, 0.2) is 24.3 Å². The van der Waals surface area contributed by atoms with Crippen molar-refractivity contribution in [1.29, 1.82) is 0 Å². The first kappa shape index (κ1) is 16.0. The first-order valence-electron chi connectivity index (χ1n) is 6.81. The van der Waals surface area contributed by atoms with Crippen molar-refractivity contribution in [3.8, 4) is 0 Å². The zero-order chi connectivity index (χ0) is 14.8. The molecule has 1 rings (SSSR count). The van der Waals surface area contributed by atoms with Crippen molar-refractivity contribution < 1.29 is 14.3 Å². The number of unbranched alkanes of at least 4 members (excludes halogenated alkanes) is 1. The summed E-state index contributed by atoms with van der Waals surface area (Å²) in [5.41, 5.74) is 2.02. The van der Waals surface area contributed by atoms with Gasteiger partial charge in [0.1, 0.15) is 6.04 Å². The molecule has 1 amide bonds. The lowest BCUT2D eigenvalue weighted by molar-refractivity contribution is -0.144. The number of carbonyl (C=O) groups excluding carboxylic acids is 2. The van der Waals surface area contributed by atoms with Gasteiger partial charge in [0.15, 0.2) is 0 Å². The van der Waals surface area contributed by atoms with Gasteiger partial charge < -0.3 is 15.4 Å². The van der Waals surface area contributed by atoms with Gasteiger partial charge in [-0.3, -0.25) is 4.79 Å². The van der Waals surface area contributed by atoms with Crippen molar-refractivity contribution in [2.75, 3.05) is 19.0 Å². The smallest absolute Gasteiger partial charge is 0.328 e. The second-order valence-electron chi connectivity index (χ2n) is 4.54. The first-order valence-corrected chi connectivity index (χ1v) is 6.81. The first-order chi connectivity index (χ1) is 9.71. The molecule has 5 heteroatoms. The summed E-state index contributed by atoms with van der Waals surface area (Å²) in [5.74, 6) is -0.442. The van der Waals surface area contributed by atoms with E-state index in [0.29, 0.717) is 12.8 Å². The fraction of sp³-hybridized carbons (Fsp3) is 0.467. The van der Waals surface area contributed by atoms with Gasteiger partial charge in [-0.05, 0) is 24.1 Å². The summed E-state index contributed by atoms with van der Waals surface area (Å²) in [6, 6.07) is 7.19. The number of hydrogen-bond donors (Lipinski definition) is 2. The fourth-order valence-electron chi connectivity index (χ4n) is 1.84. The molecule has 0 heterocycles. The summed E-state index contributed by atoms with van der Waals surface area (Å²) < 4.78 is 4.65. The standard InChI is InChI=1S/C15H22N2O3/c1-3-4-9-16-13-7-5-12(6-8-13)10-14(17-11-18)15(19)20-2/h5-8,11,14,16H,3-4,9-10H2,1-2H3,(H,17,18). The van der Waals surface area contributed by atoms with E-state index in [2.05, 4.69) is 22.3 Å². The lowest BCUT2D eigenvalue weighted by atomic mass is 10.1. The molecule has 0 aliphatic heterocycles. The van der Waals surface area contributed by atoms with E-state index in [9.17, 15) is 9.59 Å². The molecule has 0 radical (unpaired) electrons. The third-order valence-electron chi connectivity index (χ3n) is 3.01. The molecule has 0 fully saturated rings. The Kier molecular flexibility index (Phi) is 7.17. The number of benzene rings is 1. The maximum absolute atomic E-state index is 11.5. The summed E-state index contributed by atoms with van der Waals surface area (Å²) >= 11 is 0. The maximum atomic E-state index is 11.5. The van der Waals surface area contributed by atoms with Gasteiger partial charge in [-0.2, -0.15) is 0 Å². The molecule has 20 heavy (non-hydrogen) atoms. The summed E-state index contributed by atoms with van der Waals surface area (Å²) in [7, 11) is 1.31. The number of methoxy groups -OCH3 is 1. The van der Waals surface area contributed by atoms with Crippen LogP contribution in [-0.2, 0) is 20.7 Å². The number of carbonyl (C=O) groups is 2. The van der Waals surface area contributed by atoms with E-state index in [1.54, 1.807) is 0 Å². The number of hydrogen-bond acceptors (Lipinski definition) is 4. The van der Waals surface area contributed by atoms with E-state index in [1.165, 1.54) is 7.11 Å². The fourth-order valence-corrected chi connectivity index (χ4v) is 1.84. The highest BCUT2D eigenvalue weighted by atomic mass is 16.5. The van der Waals surface area contributed by atoms with Crippen molar-refractivity contribution in [2.45, 2.75) is 32.2 Å². The van der Waals surface area contributed by atoms with Gasteiger partial charge >= 0.3 is 5.97 Å². The molecule has 0 spiro atoms. The lowest BCUT2D eigenvalue weighted by Crippen LogP contribution is -2.38. The van der Waals surface area contributed by atoms with Crippen LogP contribution in [0.25, 0.3) is 0 Å². The highest BCUT2D eigenvalue weighted by Gasteiger charge is 2.18. The molecule has 0 bridgehead atoms. The molecule has 5 nitrogen and oxygen atoms in total. The van der Waals surface area contributed by atoms with Gasteiger partial charge in [0.2, 0.25) is 6.41 Å². The Morgan fingerprint density at radius 2 is 2.05 bits per heavy atom. The maximum Gasteiger partial charge on any atom is 0.328 e. The summed E-state index contributed by atoms with van der Waals surface area (Å²) in [5, 5.41) is 5.79. The van der Waals surface area contributed by atoms with E-state index in [-0.39, 0.29) is 0 Å². The molecule has 2 N–H and O–H groups in total. The Labute approximate surface area is 119 Å². The van der Waals surface area contributed by atoms with Crippen LogP contribution in [0.5, 0.6) is 0 Å². The SMILES string of the molecule is CCCCNc1ccc(CC(NC=O)C(=O)OC)cc1. The summed E-state index contributed by atoms with van der Waals surface area (Å²) in [6.07, 6.45) is 3.22. The molecule has 0 saturated carbocycles. The monoisotopic (exact) mass is 278 g/mol. The van der Waals surface area contributed by atoms with E-state index >= 15 is 0 Å². The molecule has 110 valence electrons. The highest BCUT2D eigenvalue weighted by molar-refractivity contribution is 5.78. The second-order valence-corrected chi connectivity index (χ2v) is 4.54. The largest absolute Gasteiger partial charge is 0.467 e. The molecule has 1 aromatic carbocycles. The van der Waals surface area contributed by atoms with Crippen LogP contribution in [0.3, 0.4) is 0 Å². The normalized spacial score (nSPS) is 11.5. The minimum atomic E-state index is -0.642. The van der Waals surface area contributed by atoms with Gasteiger partial charge in [-0.15, -0.1) is 0 Å². The Morgan fingerprint density at radius 1 is 1.35 bits per heavy atom. The number of rotatable bonds is 9. The zero-order valence-electron chi connectivity index (χ0n) is 12.0. The van der Waals surface area contributed by atoms with Gasteiger partial charge in [0, 0.05) is 18.7 Å². The zero-order valence-corrected chi connectivity index (χ0v) is 12.0. The number of esters is 1. The Morgan fingerprint density at radius 3 is 2.60 bits per heavy atom. The van der Waals surface area contributed by atoms with Gasteiger partial charge in [0.05, 0.1) is 7.11 Å². The second kappa shape index (κ2) is 8.96. The molecule has 0 aliphatic rings. The predicted molar refractivity (Wildman–Crippen MR) is 78.5 cm³/mol. The van der Waals surface area contributed by atoms with Crippen LogP contribution < -0.4 is 10.6 Å². The Hall–Kier alpha value is -2.04. The highest BCUT2D eigenvalue weighted by Crippen LogP contribution is 2.11. The predicted octanol–water partition coefficient (Wildman–Crippen LogP) is 1.73. The van der Waals surface area contributed by atoms with Crippen molar-refractivity contribution in [2.24, 2.45) is 0 Å². The molecule has 0 aliphatic carbocycles. The van der Waals surface area contributed by atoms with Crippen molar-refractivity contribution >= 4 is 18.1 Å². The van der Waals surface area contributed by atoms with Crippen LogP contribution in [0.1, 0.15) is 25.3 Å². The van der Waals surface area contributed by atoms with Crippen molar-refractivity contribution in [3.05, 3.63) is 29.8 Å². The average Bonchev–Trinajstić information content (AvgIpc) is 2.48. The van der Waals surface area contributed by atoms with Crippen molar-refractivity contribution in [1.82, 2.24) is 5.32 Å². The van der Waals surface area contributed by atoms with Gasteiger partial charge in [-0.25, -0.2) is 4.79 Å². The van der Waals surface area contributed by atoms with Crippen LogP contribution >= 0.6 is 0 Å². The Balaban J connectivity index is 2.58. The minimum absolute atomic E-state index is 0.417. The van der Waals surface area contributed by atoms with Crippen LogP contribution in [0, 0.1) is 0 Å². The number of amides is 1. The van der Waals surface area contributed by atoms with E-state index in [1.807, 2.05) is 24.3 Å². The lowest BCUT2D eigenvalue weighted by Gasteiger charge is -2.14. The third-order valence-corrected chi connectivity index (χ3v) is 3.01. The van der Waals surface area contributed by atoms with E-state index in [4.69, 9.17) is 0 Å². The average molecular weight is 278 g/mol. The summed E-state index contributed by atoms with van der Waals surface area (Å²) in [6.45, 7) is 3.10. The third kappa shape index (κ3) is 5.30. The van der Waals surface area contributed by atoms with Crippen molar-refractivity contribution in [3.63, 3.8) is 0 Å². The number of anilines is 1. The van der Waals surface area contributed by atoms with Gasteiger partial charge in [0.25, 0.3) is 0 Å². The molecule has 0 saturated heterocycles. The van der Waals surface area contributed by atoms with Crippen LogP contribution in [0.2, 0.25) is 0 Å². The molecule has 1 unspecified atom stereocenters. The topological polar surface area (TPSA) is 67.4 Å². The number of nitrogens with one attached hydrogen (secondary N) is 2. The molecule has 0 aromatic heterocycles. The molecular weight excluding hydrogens is 256 g/mol. The van der Waals surface area contributed by atoms with Gasteiger partial charge in [-0.1, -0.05) is 25.5 Å². The minimum Gasteiger partial charge on any atom is -0.467 e. The van der Waals surface area contributed by atoms with Crippen LogP contribution in [0.4, 0.5) is 5.69 Å². The van der Waals surface area contributed by atoms with Crippen LogP contribution in [-0.4, -0.2) is 32.1 Å². The summed E-state index contributed by atoms with van der Waals surface area (Å²) in [4.78, 5) is 22.0. The van der Waals surface area contributed by atoms with E-state index < -0.39 is 12.0 Å². The van der Waals surface area contributed by atoms with E-state index in [0.717, 1.165) is 30.6 Å².